The number of hydrogen-bond donors (Lipinski definition) is 2. The number of aryl methyl sites for hydroxylation is 1. The fraction of sp³-hybridized carbons (Fsp3) is 0.200. The van der Waals surface area contributed by atoms with Crippen molar-refractivity contribution in [3.05, 3.63) is 108 Å². The molecule has 1 atom stereocenters. The summed E-state index contributed by atoms with van der Waals surface area (Å²) in [5.74, 6) is -0.0924. The fourth-order valence-electron chi connectivity index (χ4n) is 4.53. The van der Waals surface area contributed by atoms with Crippen molar-refractivity contribution in [1.82, 2.24) is 4.57 Å². The number of anilines is 1. The smallest absolute Gasteiger partial charge is 0.413 e. The number of carboxylic acid groups (broad SMARTS) is 1. The Labute approximate surface area is 210 Å². The van der Waals surface area contributed by atoms with Gasteiger partial charge >= 0.3 is 12.1 Å². The minimum absolute atomic E-state index is 0.370. The molecule has 1 aromatic heterocycles. The number of amides is 1. The molecule has 0 spiro atoms. The molecule has 182 valence electrons. The summed E-state index contributed by atoms with van der Waals surface area (Å²) in [6.45, 7) is 3.78. The Kier molecular flexibility index (Phi) is 6.10. The van der Waals surface area contributed by atoms with Crippen LogP contribution in [-0.2, 0) is 14.9 Å². The second kappa shape index (κ2) is 9.38. The van der Waals surface area contributed by atoms with Crippen LogP contribution in [0, 0.1) is 6.92 Å². The van der Waals surface area contributed by atoms with Crippen molar-refractivity contribution >= 4 is 17.9 Å². The predicted octanol–water partition coefficient (Wildman–Crippen LogP) is 6.88. The number of carboxylic acids is 1. The molecule has 0 bridgehead atoms. The average Bonchev–Trinajstić information content (AvgIpc) is 3.64. The van der Waals surface area contributed by atoms with Crippen LogP contribution in [0.2, 0.25) is 0 Å². The number of aliphatic carboxylic acids is 1. The lowest BCUT2D eigenvalue weighted by Crippen LogP contribution is -2.19. The fourth-order valence-corrected chi connectivity index (χ4v) is 4.53. The molecule has 1 fully saturated rings. The summed E-state index contributed by atoms with van der Waals surface area (Å²) in [6.07, 6.45) is 2.42. The Balaban J connectivity index is 1.30. The van der Waals surface area contributed by atoms with Crippen LogP contribution < -0.4 is 5.32 Å². The van der Waals surface area contributed by atoms with Crippen LogP contribution in [0.4, 0.5) is 10.6 Å². The van der Waals surface area contributed by atoms with Crippen LogP contribution in [0.25, 0.3) is 16.8 Å². The summed E-state index contributed by atoms with van der Waals surface area (Å²) in [4.78, 5) is 24.2. The maximum Gasteiger partial charge on any atom is 0.413 e. The molecule has 36 heavy (non-hydrogen) atoms. The lowest BCUT2D eigenvalue weighted by Gasteiger charge is -2.16. The Morgan fingerprint density at radius 1 is 0.917 bits per heavy atom. The SMILES string of the molecule is Cc1ccn(-c2ccc(-c3ccc(C4(C(=O)O)CC4)cc3)cc2)c1NC(=O)OC(C)c1ccccc1. The van der Waals surface area contributed by atoms with Crippen LogP contribution in [0.5, 0.6) is 0 Å². The summed E-state index contributed by atoms with van der Waals surface area (Å²) < 4.78 is 7.50. The van der Waals surface area contributed by atoms with Crippen molar-refractivity contribution in [2.24, 2.45) is 0 Å². The molecular weight excluding hydrogens is 452 g/mol. The third kappa shape index (κ3) is 4.50. The van der Waals surface area contributed by atoms with Gasteiger partial charge in [0.2, 0.25) is 0 Å². The largest absolute Gasteiger partial charge is 0.481 e. The first-order valence-corrected chi connectivity index (χ1v) is 12.0. The number of aromatic nitrogens is 1. The molecule has 5 rings (SSSR count). The van der Waals surface area contributed by atoms with Gasteiger partial charge in [0.15, 0.2) is 0 Å². The molecule has 1 heterocycles. The molecule has 6 heteroatoms. The first-order valence-electron chi connectivity index (χ1n) is 12.0. The Morgan fingerprint density at radius 2 is 1.53 bits per heavy atom. The zero-order valence-electron chi connectivity index (χ0n) is 20.3. The van der Waals surface area contributed by atoms with Crippen molar-refractivity contribution in [1.29, 1.82) is 0 Å². The molecule has 2 N–H and O–H groups in total. The zero-order valence-corrected chi connectivity index (χ0v) is 20.3. The second-order valence-electron chi connectivity index (χ2n) is 9.31. The van der Waals surface area contributed by atoms with Gasteiger partial charge in [0.05, 0.1) is 5.41 Å². The third-order valence-electron chi connectivity index (χ3n) is 6.94. The summed E-state index contributed by atoms with van der Waals surface area (Å²) >= 11 is 0. The van der Waals surface area contributed by atoms with Gasteiger partial charge in [-0.1, -0.05) is 66.7 Å². The second-order valence-corrected chi connectivity index (χ2v) is 9.31. The number of benzene rings is 3. The minimum Gasteiger partial charge on any atom is -0.481 e. The number of ether oxygens (including phenoxy) is 1. The van der Waals surface area contributed by atoms with Gasteiger partial charge < -0.3 is 14.4 Å². The van der Waals surface area contributed by atoms with Crippen LogP contribution in [0.1, 0.15) is 42.6 Å². The summed E-state index contributed by atoms with van der Waals surface area (Å²) in [5, 5.41) is 12.4. The zero-order chi connectivity index (χ0) is 25.3. The summed E-state index contributed by atoms with van der Waals surface area (Å²) in [6, 6.07) is 27.4. The van der Waals surface area contributed by atoms with E-state index in [2.05, 4.69) is 5.32 Å². The van der Waals surface area contributed by atoms with E-state index in [9.17, 15) is 14.7 Å². The first kappa shape index (κ1) is 23.4. The summed E-state index contributed by atoms with van der Waals surface area (Å²) in [5.41, 5.74) is 4.97. The molecule has 3 aromatic carbocycles. The number of carbonyl (C=O) groups is 2. The van der Waals surface area contributed by atoms with Gasteiger partial charge in [-0.05, 0) is 72.7 Å². The van der Waals surface area contributed by atoms with Crippen molar-refractivity contribution in [3.63, 3.8) is 0 Å². The van der Waals surface area contributed by atoms with E-state index in [1.165, 1.54) is 0 Å². The van der Waals surface area contributed by atoms with Crippen LogP contribution >= 0.6 is 0 Å². The minimum atomic E-state index is -0.746. The van der Waals surface area contributed by atoms with Crippen LogP contribution in [-0.4, -0.2) is 21.7 Å². The highest BCUT2D eigenvalue weighted by Gasteiger charge is 2.51. The van der Waals surface area contributed by atoms with Crippen molar-refractivity contribution in [2.45, 2.75) is 38.2 Å². The number of carbonyl (C=O) groups excluding carboxylic acids is 1. The maximum absolute atomic E-state index is 12.6. The van der Waals surface area contributed by atoms with E-state index in [4.69, 9.17) is 4.74 Å². The molecule has 0 radical (unpaired) electrons. The van der Waals surface area contributed by atoms with Gasteiger partial charge in [-0.3, -0.25) is 10.1 Å². The number of nitrogens with zero attached hydrogens (tertiary/aromatic N) is 1. The summed E-state index contributed by atoms with van der Waals surface area (Å²) in [7, 11) is 0. The standard InChI is InChI=1S/C30H28N2O4/c1-20-16-19-32(27(20)31-29(35)36-21(2)22-6-4-3-5-7-22)26-14-10-24(11-15-26)23-8-12-25(13-9-23)30(17-18-30)28(33)34/h3-16,19,21H,17-18H2,1-2H3,(H,31,35)(H,33,34). The molecule has 0 saturated heterocycles. The van der Waals surface area contributed by atoms with Gasteiger partial charge in [-0.15, -0.1) is 0 Å². The van der Waals surface area contributed by atoms with Crippen molar-refractivity contribution in [2.75, 3.05) is 5.32 Å². The maximum atomic E-state index is 12.6. The van der Waals surface area contributed by atoms with Crippen LogP contribution in [0.3, 0.4) is 0 Å². The quantitative estimate of drug-likeness (QED) is 0.302. The normalized spacial score (nSPS) is 14.6. The number of nitrogens with one attached hydrogen (secondary N) is 1. The molecule has 1 amide bonds. The molecule has 1 aliphatic rings. The Morgan fingerprint density at radius 3 is 2.11 bits per heavy atom. The molecular formula is C30H28N2O4. The van der Waals surface area contributed by atoms with E-state index in [0.29, 0.717) is 18.7 Å². The van der Waals surface area contributed by atoms with E-state index in [-0.39, 0.29) is 6.10 Å². The molecule has 1 unspecified atom stereocenters. The molecule has 1 aliphatic carbocycles. The lowest BCUT2D eigenvalue weighted by molar-refractivity contribution is -0.140. The number of hydrogen-bond acceptors (Lipinski definition) is 3. The van der Waals surface area contributed by atoms with Gasteiger partial charge in [-0.25, -0.2) is 4.79 Å². The molecule has 0 aliphatic heterocycles. The molecule has 6 nitrogen and oxygen atoms in total. The highest BCUT2D eigenvalue weighted by atomic mass is 16.6. The van der Waals surface area contributed by atoms with Crippen LogP contribution in [0.15, 0.2) is 91.1 Å². The molecule has 4 aromatic rings. The van der Waals surface area contributed by atoms with E-state index in [1.54, 1.807) is 0 Å². The third-order valence-corrected chi connectivity index (χ3v) is 6.94. The molecule has 1 saturated carbocycles. The van der Waals surface area contributed by atoms with Crippen molar-refractivity contribution < 1.29 is 19.4 Å². The van der Waals surface area contributed by atoms with E-state index in [0.717, 1.165) is 33.5 Å². The van der Waals surface area contributed by atoms with E-state index in [1.807, 2.05) is 110 Å². The topological polar surface area (TPSA) is 80.6 Å². The van der Waals surface area contributed by atoms with Crippen molar-refractivity contribution in [3.8, 4) is 16.8 Å². The first-order chi connectivity index (χ1) is 17.4. The Hall–Kier alpha value is -4.32. The average molecular weight is 481 g/mol. The van der Waals surface area contributed by atoms with Gasteiger partial charge in [0.25, 0.3) is 0 Å². The number of rotatable bonds is 7. The van der Waals surface area contributed by atoms with E-state index < -0.39 is 17.5 Å². The van der Waals surface area contributed by atoms with Gasteiger partial charge in [-0.2, -0.15) is 0 Å². The predicted molar refractivity (Wildman–Crippen MR) is 139 cm³/mol. The monoisotopic (exact) mass is 480 g/mol. The van der Waals surface area contributed by atoms with E-state index >= 15 is 0 Å². The lowest BCUT2D eigenvalue weighted by atomic mass is 9.94. The Bertz CT molecular complexity index is 1390. The van der Waals surface area contributed by atoms with Gasteiger partial charge in [0, 0.05) is 11.9 Å². The highest BCUT2D eigenvalue weighted by Crippen LogP contribution is 2.48. The highest BCUT2D eigenvalue weighted by molar-refractivity contribution is 5.86. The van der Waals surface area contributed by atoms with Gasteiger partial charge in [0.1, 0.15) is 11.9 Å².